The summed E-state index contributed by atoms with van der Waals surface area (Å²) in [6.45, 7) is 3.70. The number of hydrogen-bond donors (Lipinski definition) is 1. The van der Waals surface area contributed by atoms with E-state index in [1.54, 1.807) is 6.92 Å². The predicted molar refractivity (Wildman–Crippen MR) is 69.2 cm³/mol. The summed E-state index contributed by atoms with van der Waals surface area (Å²) >= 11 is 0. The van der Waals surface area contributed by atoms with Gasteiger partial charge in [-0.1, -0.05) is 32.3 Å². The van der Waals surface area contributed by atoms with Crippen molar-refractivity contribution in [1.29, 1.82) is 0 Å². The smallest absolute Gasteiger partial charge is 0.133 e. The van der Waals surface area contributed by atoms with Crippen molar-refractivity contribution in [3.05, 3.63) is 34.9 Å². The molecule has 1 aliphatic rings. The van der Waals surface area contributed by atoms with Crippen molar-refractivity contribution in [3.8, 4) is 0 Å². The fourth-order valence-electron chi connectivity index (χ4n) is 2.98. The standard InChI is InChI=1S/C15H21F2N/c1-10-6-7-11(16)12(13(10)17)14(18)15(2)8-4-3-5-9-15/h6-7,14H,3-5,8-9,18H2,1-2H3. The molecule has 0 radical (unpaired) electrons. The lowest BCUT2D eigenvalue weighted by molar-refractivity contribution is 0.165. The van der Waals surface area contributed by atoms with E-state index in [9.17, 15) is 8.78 Å². The number of rotatable bonds is 2. The first-order valence-corrected chi connectivity index (χ1v) is 6.66. The molecule has 0 heterocycles. The first-order valence-electron chi connectivity index (χ1n) is 6.66. The summed E-state index contributed by atoms with van der Waals surface area (Å²) in [5.74, 6) is -0.994. The lowest BCUT2D eigenvalue weighted by atomic mass is 9.68. The highest BCUT2D eigenvalue weighted by Crippen LogP contribution is 2.45. The second-order valence-corrected chi connectivity index (χ2v) is 5.78. The average Bonchev–Trinajstić information content (AvgIpc) is 2.35. The van der Waals surface area contributed by atoms with Crippen LogP contribution in [0.2, 0.25) is 0 Å². The number of nitrogens with two attached hydrogens (primary N) is 1. The van der Waals surface area contributed by atoms with Crippen LogP contribution >= 0.6 is 0 Å². The second-order valence-electron chi connectivity index (χ2n) is 5.78. The third kappa shape index (κ3) is 2.28. The minimum absolute atomic E-state index is 0.0689. The summed E-state index contributed by atoms with van der Waals surface area (Å²) in [7, 11) is 0. The molecule has 2 N–H and O–H groups in total. The van der Waals surface area contributed by atoms with Crippen LogP contribution in [-0.4, -0.2) is 0 Å². The summed E-state index contributed by atoms with van der Waals surface area (Å²) in [6, 6.07) is 2.22. The maximum Gasteiger partial charge on any atom is 0.133 e. The first kappa shape index (κ1) is 13.5. The van der Waals surface area contributed by atoms with Crippen LogP contribution < -0.4 is 5.73 Å². The highest BCUT2D eigenvalue weighted by molar-refractivity contribution is 5.30. The van der Waals surface area contributed by atoms with Gasteiger partial charge < -0.3 is 5.73 Å². The Morgan fingerprint density at radius 2 is 1.78 bits per heavy atom. The highest BCUT2D eigenvalue weighted by atomic mass is 19.1. The summed E-state index contributed by atoms with van der Waals surface area (Å²) in [6.07, 6.45) is 5.28. The van der Waals surface area contributed by atoms with Gasteiger partial charge in [0.05, 0.1) is 0 Å². The molecule has 1 aromatic carbocycles. The van der Waals surface area contributed by atoms with Crippen molar-refractivity contribution in [1.82, 2.24) is 0 Å². The van der Waals surface area contributed by atoms with Crippen molar-refractivity contribution in [2.75, 3.05) is 0 Å². The third-order valence-corrected chi connectivity index (χ3v) is 4.38. The Morgan fingerprint density at radius 3 is 2.39 bits per heavy atom. The molecule has 0 spiro atoms. The quantitative estimate of drug-likeness (QED) is 0.838. The van der Waals surface area contributed by atoms with Gasteiger partial charge in [-0.25, -0.2) is 8.78 Å². The van der Waals surface area contributed by atoms with Crippen LogP contribution in [0.4, 0.5) is 8.78 Å². The van der Waals surface area contributed by atoms with Gasteiger partial charge >= 0.3 is 0 Å². The molecular weight excluding hydrogens is 232 g/mol. The molecule has 18 heavy (non-hydrogen) atoms. The maximum absolute atomic E-state index is 14.1. The molecule has 2 rings (SSSR count). The lowest BCUT2D eigenvalue weighted by Crippen LogP contribution is -2.35. The predicted octanol–water partition coefficient (Wildman–Crippen LogP) is 4.24. The molecule has 0 aliphatic heterocycles. The molecule has 1 nitrogen and oxygen atoms in total. The van der Waals surface area contributed by atoms with E-state index in [1.807, 2.05) is 0 Å². The maximum atomic E-state index is 14.1. The Hall–Kier alpha value is -0.960. The van der Waals surface area contributed by atoms with Crippen LogP contribution in [0.1, 0.15) is 56.2 Å². The van der Waals surface area contributed by atoms with Crippen LogP contribution in [0.5, 0.6) is 0 Å². The number of halogens is 2. The van der Waals surface area contributed by atoms with Crippen LogP contribution in [-0.2, 0) is 0 Å². The van der Waals surface area contributed by atoms with E-state index in [0.717, 1.165) is 25.7 Å². The van der Waals surface area contributed by atoms with E-state index < -0.39 is 17.7 Å². The molecule has 1 saturated carbocycles. The largest absolute Gasteiger partial charge is 0.323 e. The van der Waals surface area contributed by atoms with Gasteiger partial charge in [0, 0.05) is 11.6 Å². The molecule has 1 aromatic rings. The Bertz CT molecular complexity index is 436. The molecule has 0 saturated heterocycles. The topological polar surface area (TPSA) is 26.0 Å². The molecule has 1 unspecified atom stereocenters. The van der Waals surface area contributed by atoms with Crippen molar-refractivity contribution in [2.24, 2.45) is 11.1 Å². The number of aryl methyl sites for hydroxylation is 1. The molecule has 1 aliphatic carbocycles. The van der Waals surface area contributed by atoms with Crippen LogP contribution in [0.25, 0.3) is 0 Å². The van der Waals surface area contributed by atoms with Crippen LogP contribution in [0.3, 0.4) is 0 Å². The number of hydrogen-bond acceptors (Lipinski definition) is 1. The molecule has 1 atom stereocenters. The molecule has 100 valence electrons. The fraction of sp³-hybridized carbons (Fsp3) is 0.600. The van der Waals surface area contributed by atoms with Gasteiger partial charge in [-0.3, -0.25) is 0 Å². The minimum atomic E-state index is -0.558. The zero-order valence-electron chi connectivity index (χ0n) is 11.1. The molecule has 0 amide bonds. The summed E-state index contributed by atoms with van der Waals surface area (Å²) < 4.78 is 28.0. The van der Waals surface area contributed by atoms with Crippen molar-refractivity contribution >= 4 is 0 Å². The molecule has 0 aromatic heterocycles. The van der Waals surface area contributed by atoms with Gasteiger partial charge in [-0.15, -0.1) is 0 Å². The average molecular weight is 253 g/mol. The lowest BCUT2D eigenvalue weighted by Gasteiger charge is -2.39. The van der Waals surface area contributed by atoms with Gasteiger partial charge in [0.2, 0.25) is 0 Å². The van der Waals surface area contributed by atoms with Gasteiger partial charge in [0.1, 0.15) is 11.6 Å². The Balaban J connectivity index is 2.39. The number of benzene rings is 1. The van der Waals surface area contributed by atoms with Gasteiger partial charge in [-0.05, 0) is 36.8 Å². The second kappa shape index (κ2) is 4.96. The van der Waals surface area contributed by atoms with Crippen LogP contribution in [0, 0.1) is 24.0 Å². The van der Waals surface area contributed by atoms with E-state index in [1.165, 1.54) is 18.6 Å². The van der Waals surface area contributed by atoms with Gasteiger partial charge in [0.15, 0.2) is 0 Å². The van der Waals surface area contributed by atoms with Crippen LogP contribution in [0.15, 0.2) is 12.1 Å². The van der Waals surface area contributed by atoms with Crippen molar-refractivity contribution in [2.45, 2.75) is 52.0 Å². The molecule has 3 heteroatoms. The summed E-state index contributed by atoms with van der Waals surface area (Å²) in [4.78, 5) is 0. The Labute approximate surface area is 107 Å². The van der Waals surface area contributed by atoms with Crippen molar-refractivity contribution < 1.29 is 8.78 Å². The van der Waals surface area contributed by atoms with E-state index in [4.69, 9.17) is 5.73 Å². The zero-order valence-corrected chi connectivity index (χ0v) is 11.1. The fourth-order valence-corrected chi connectivity index (χ4v) is 2.98. The third-order valence-electron chi connectivity index (χ3n) is 4.38. The monoisotopic (exact) mass is 253 g/mol. The minimum Gasteiger partial charge on any atom is -0.323 e. The first-order chi connectivity index (χ1) is 8.46. The molecule has 1 fully saturated rings. The Kier molecular flexibility index (Phi) is 3.71. The van der Waals surface area contributed by atoms with E-state index in [-0.39, 0.29) is 11.0 Å². The SMILES string of the molecule is Cc1ccc(F)c(C(N)C2(C)CCCCC2)c1F. The van der Waals surface area contributed by atoms with Crippen molar-refractivity contribution in [3.63, 3.8) is 0 Å². The summed E-state index contributed by atoms with van der Waals surface area (Å²) in [5, 5.41) is 0. The van der Waals surface area contributed by atoms with Gasteiger partial charge in [0.25, 0.3) is 0 Å². The Morgan fingerprint density at radius 1 is 1.17 bits per heavy atom. The highest BCUT2D eigenvalue weighted by Gasteiger charge is 2.37. The summed E-state index contributed by atoms with van der Waals surface area (Å²) in [5.41, 5.74) is 6.54. The zero-order chi connectivity index (χ0) is 13.3. The normalized spacial score (nSPS) is 20.7. The van der Waals surface area contributed by atoms with E-state index >= 15 is 0 Å². The molecular formula is C15H21F2N. The van der Waals surface area contributed by atoms with E-state index in [0.29, 0.717) is 5.56 Å². The van der Waals surface area contributed by atoms with Gasteiger partial charge in [-0.2, -0.15) is 0 Å². The van der Waals surface area contributed by atoms with E-state index in [2.05, 4.69) is 6.92 Å². The molecule has 0 bridgehead atoms.